The molecule has 0 aliphatic rings. The Hall–Kier alpha value is -1.19. The Kier molecular flexibility index (Phi) is 4.15. The quantitative estimate of drug-likeness (QED) is 0.902. The van der Waals surface area contributed by atoms with Crippen LogP contribution in [0.4, 0.5) is 4.39 Å². The lowest BCUT2D eigenvalue weighted by Gasteiger charge is -2.13. The Morgan fingerprint density at radius 3 is 2.50 bits per heavy atom. The molecule has 0 aliphatic heterocycles. The molecule has 3 heteroatoms. The largest absolute Gasteiger partial charge is 0.388 e. The summed E-state index contributed by atoms with van der Waals surface area (Å²) in [7, 11) is 0. The van der Waals surface area contributed by atoms with Crippen LogP contribution < -0.4 is 0 Å². The van der Waals surface area contributed by atoms with Crippen LogP contribution >= 0.6 is 15.9 Å². The smallest absolute Gasteiger partial charge is 0.137 e. The third kappa shape index (κ3) is 2.98. The van der Waals surface area contributed by atoms with Crippen LogP contribution in [0.3, 0.4) is 0 Å². The molecule has 0 saturated carbocycles. The number of halogens is 2. The second-order valence-corrected chi connectivity index (χ2v) is 5.14. The molecule has 1 N–H and O–H groups in total. The van der Waals surface area contributed by atoms with Gasteiger partial charge in [-0.3, -0.25) is 0 Å². The average Bonchev–Trinajstić information content (AvgIpc) is 2.36. The van der Waals surface area contributed by atoms with Crippen molar-refractivity contribution in [1.29, 1.82) is 0 Å². The van der Waals surface area contributed by atoms with Gasteiger partial charge in [0.1, 0.15) is 5.82 Å². The van der Waals surface area contributed by atoms with Gasteiger partial charge in [0.25, 0.3) is 0 Å². The molecule has 0 bridgehead atoms. The van der Waals surface area contributed by atoms with Gasteiger partial charge in [-0.1, -0.05) is 42.0 Å². The number of aliphatic hydroxyl groups excluding tert-OH is 1. The van der Waals surface area contributed by atoms with Crippen LogP contribution in [-0.4, -0.2) is 5.11 Å². The van der Waals surface area contributed by atoms with Crippen molar-refractivity contribution in [2.75, 3.05) is 0 Å². The molecule has 2 aromatic carbocycles. The number of benzene rings is 2. The number of aryl methyl sites for hydroxylation is 1. The fourth-order valence-electron chi connectivity index (χ4n) is 1.82. The minimum atomic E-state index is -0.622. The molecule has 0 radical (unpaired) electrons. The van der Waals surface area contributed by atoms with E-state index in [-0.39, 0.29) is 5.82 Å². The maximum Gasteiger partial charge on any atom is 0.137 e. The molecule has 94 valence electrons. The predicted octanol–water partition coefficient (Wildman–Crippen LogP) is 4.17. The van der Waals surface area contributed by atoms with Crippen LogP contribution in [-0.2, 0) is 6.42 Å². The van der Waals surface area contributed by atoms with Gasteiger partial charge in [0.05, 0.1) is 10.6 Å². The molecule has 1 nitrogen and oxygen atoms in total. The van der Waals surface area contributed by atoms with E-state index >= 15 is 0 Å². The highest BCUT2D eigenvalue weighted by Gasteiger charge is 2.12. The average molecular weight is 309 g/mol. The van der Waals surface area contributed by atoms with Gasteiger partial charge < -0.3 is 5.11 Å². The summed E-state index contributed by atoms with van der Waals surface area (Å²) in [5.41, 5.74) is 2.76. The monoisotopic (exact) mass is 308 g/mol. The first-order chi connectivity index (χ1) is 8.58. The second-order valence-electron chi connectivity index (χ2n) is 4.34. The minimum Gasteiger partial charge on any atom is -0.388 e. The van der Waals surface area contributed by atoms with E-state index in [1.165, 1.54) is 6.07 Å². The molecule has 0 amide bonds. The van der Waals surface area contributed by atoms with E-state index < -0.39 is 6.10 Å². The van der Waals surface area contributed by atoms with Gasteiger partial charge in [-0.2, -0.15) is 0 Å². The van der Waals surface area contributed by atoms with E-state index in [1.54, 1.807) is 6.07 Å². The summed E-state index contributed by atoms with van der Waals surface area (Å²) in [6, 6.07) is 12.6. The third-order valence-electron chi connectivity index (χ3n) is 2.91. The lowest BCUT2D eigenvalue weighted by Crippen LogP contribution is -2.03. The van der Waals surface area contributed by atoms with E-state index in [0.717, 1.165) is 16.7 Å². The SMILES string of the molecule is Cc1ccc(C(O)Cc2cccc(F)c2Br)cc1. The molecule has 0 saturated heterocycles. The van der Waals surface area contributed by atoms with E-state index in [9.17, 15) is 9.50 Å². The van der Waals surface area contributed by atoms with E-state index in [1.807, 2.05) is 37.3 Å². The second kappa shape index (κ2) is 5.63. The fraction of sp³-hybridized carbons (Fsp3) is 0.200. The maximum absolute atomic E-state index is 13.4. The van der Waals surface area contributed by atoms with Crippen LogP contribution in [0.1, 0.15) is 22.8 Å². The topological polar surface area (TPSA) is 20.2 Å². The predicted molar refractivity (Wildman–Crippen MR) is 73.9 cm³/mol. The summed E-state index contributed by atoms with van der Waals surface area (Å²) in [5.74, 6) is -0.302. The van der Waals surface area contributed by atoms with Gasteiger partial charge in [-0.25, -0.2) is 4.39 Å². The molecule has 1 atom stereocenters. The maximum atomic E-state index is 13.4. The lowest BCUT2D eigenvalue weighted by atomic mass is 10.0. The van der Waals surface area contributed by atoms with Crippen LogP contribution in [0.2, 0.25) is 0 Å². The summed E-state index contributed by atoms with van der Waals surface area (Å²) < 4.78 is 13.8. The number of hydrogen-bond donors (Lipinski definition) is 1. The number of rotatable bonds is 3. The van der Waals surface area contributed by atoms with Crippen molar-refractivity contribution in [3.05, 3.63) is 69.4 Å². The Labute approximate surface area is 114 Å². The first-order valence-electron chi connectivity index (χ1n) is 5.75. The molecule has 0 spiro atoms. The van der Waals surface area contributed by atoms with Crippen LogP contribution in [0.15, 0.2) is 46.9 Å². The molecule has 0 aliphatic carbocycles. The van der Waals surface area contributed by atoms with E-state index in [0.29, 0.717) is 10.9 Å². The molecular formula is C15H14BrFO. The van der Waals surface area contributed by atoms with Crippen molar-refractivity contribution < 1.29 is 9.50 Å². The standard InChI is InChI=1S/C15H14BrFO/c1-10-5-7-11(8-6-10)14(18)9-12-3-2-4-13(17)15(12)16/h2-8,14,18H,9H2,1H3. The first-order valence-corrected chi connectivity index (χ1v) is 6.55. The van der Waals surface area contributed by atoms with Gasteiger partial charge in [0, 0.05) is 6.42 Å². The molecule has 1 unspecified atom stereocenters. The zero-order chi connectivity index (χ0) is 13.1. The van der Waals surface area contributed by atoms with Crippen molar-refractivity contribution in [2.24, 2.45) is 0 Å². The van der Waals surface area contributed by atoms with Crippen molar-refractivity contribution in [3.63, 3.8) is 0 Å². The van der Waals surface area contributed by atoms with Crippen molar-refractivity contribution in [2.45, 2.75) is 19.4 Å². The van der Waals surface area contributed by atoms with Crippen LogP contribution in [0.5, 0.6) is 0 Å². The Balaban J connectivity index is 2.18. The molecule has 2 rings (SSSR count). The molecule has 0 fully saturated rings. The fourth-order valence-corrected chi connectivity index (χ4v) is 2.25. The first kappa shape index (κ1) is 13.2. The molecule has 2 aromatic rings. The highest BCUT2D eigenvalue weighted by Crippen LogP contribution is 2.26. The third-order valence-corrected chi connectivity index (χ3v) is 3.80. The van der Waals surface area contributed by atoms with Crippen LogP contribution in [0, 0.1) is 12.7 Å². The summed E-state index contributed by atoms with van der Waals surface area (Å²) in [5, 5.41) is 10.1. The highest BCUT2D eigenvalue weighted by atomic mass is 79.9. The zero-order valence-corrected chi connectivity index (χ0v) is 11.6. The summed E-state index contributed by atoms with van der Waals surface area (Å²) in [6.07, 6.45) is -0.231. The van der Waals surface area contributed by atoms with Crippen molar-refractivity contribution in [1.82, 2.24) is 0 Å². The Morgan fingerprint density at radius 1 is 1.17 bits per heavy atom. The molecule has 18 heavy (non-hydrogen) atoms. The Morgan fingerprint density at radius 2 is 1.83 bits per heavy atom. The molecule has 0 heterocycles. The summed E-state index contributed by atoms with van der Waals surface area (Å²) in [4.78, 5) is 0. The molecule has 0 aromatic heterocycles. The van der Waals surface area contributed by atoms with Gasteiger partial charge in [0.15, 0.2) is 0 Å². The minimum absolute atomic E-state index is 0.302. The van der Waals surface area contributed by atoms with Gasteiger partial charge >= 0.3 is 0 Å². The highest BCUT2D eigenvalue weighted by molar-refractivity contribution is 9.10. The van der Waals surface area contributed by atoms with Crippen molar-refractivity contribution >= 4 is 15.9 Å². The van der Waals surface area contributed by atoms with E-state index in [4.69, 9.17) is 0 Å². The number of hydrogen-bond acceptors (Lipinski definition) is 1. The van der Waals surface area contributed by atoms with Crippen molar-refractivity contribution in [3.8, 4) is 0 Å². The lowest BCUT2D eigenvalue weighted by molar-refractivity contribution is 0.178. The van der Waals surface area contributed by atoms with Gasteiger partial charge in [0.2, 0.25) is 0 Å². The number of aliphatic hydroxyl groups is 1. The van der Waals surface area contributed by atoms with Crippen LogP contribution in [0.25, 0.3) is 0 Å². The van der Waals surface area contributed by atoms with Gasteiger partial charge in [-0.15, -0.1) is 0 Å². The summed E-state index contributed by atoms with van der Waals surface area (Å²) >= 11 is 3.21. The summed E-state index contributed by atoms with van der Waals surface area (Å²) in [6.45, 7) is 2.00. The zero-order valence-electron chi connectivity index (χ0n) is 10.0. The molecular weight excluding hydrogens is 295 g/mol. The van der Waals surface area contributed by atoms with E-state index in [2.05, 4.69) is 15.9 Å². The van der Waals surface area contributed by atoms with Gasteiger partial charge in [-0.05, 0) is 40.0 Å². The normalized spacial score (nSPS) is 12.4. The Bertz CT molecular complexity index is 537.